The molecule has 10 heteroatoms. The van der Waals surface area contributed by atoms with Crippen LogP contribution in [0.5, 0.6) is 0 Å². The minimum atomic E-state index is -3.61. The lowest BCUT2D eigenvalue weighted by Crippen LogP contribution is -2.46. The summed E-state index contributed by atoms with van der Waals surface area (Å²) in [6.07, 6.45) is -1.00. The molecule has 9 nitrogen and oxygen atoms in total. The second-order valence-corrected chi connectivity index (χ2v) is 9.61. The molecule has 0 aliphatic heterocycles. The van der Waals surface area contributed by atoms with Crippen LogP contribution in [-0.2, 0) is 24.3 Å². The second kappa shape index (κ2) is 10.5. The molecule has 30 heavy (non-hydrogen) atoms. The van der Waals surface area contributed by atoms with Crippen molar-refractivity contribution in [2.24, 2.45) is 0 Å². The van der Waals surface area contributed by atoms with Gasteiger partial charge < -0.3 is 15.4 Å². The number of rotatable bonds is 9. The van der Waals surface area contributed by atoms with Gasteiger partial charge in [-0.2, -0.15) is 4.31 Å². The Labute approximate surface area is 178 Å². The minimum absolute atomic E-state index is 0.0841. The Morgan fingerprint density at radius 1 is 1.07 bits per heavy atom. The van der Waals surface area contributed by atoms with Crippen LogP contribution in [0.15, 0.2) is 29.2 Å². The van der Waals surface area contributed by atoms with Crippen LogP contribution in [0.2, 0.25) is 0 Å². The molecule has 1 aromatic rings. The Balaban J connectivity index is 2.65. The summed E-state index contributed by atoms with van der Waals surface area (Å²) < 4.78 is 31.3. The SMILES string of the molecule is CCN(CC)S(=O)(=O)c1ccc(C(=O)NCC(=O)OC(C)C(=O)NC(C)(C)C)cc1. The predicted molar refractivity (Wildman–Crippen MR) is 112 cm³/mol. The highest BCUT2D eigenvalue weighted by Gasteiger charge is 2.23. The summed E-state index contributed by atoms with van der Waals surface area (Å²) >= 11 is 0. The van der Waals surface area contributed by atoms with E-state index in [4.69, 9.17) is 4.74 Å². The number of esters is 1. The summed E-state index contributed by atoms with van der Waals surface area (Å²) in [5, 5.41) is 5.08. The summed E-state index contributed by atoms with van der Waals surface area (Å²) in [5.74, 6) is -1.77. The molecule has 0 heterocycles. The summed E-state index contributed by atoms with van der Waals surface area (Å²) in [4.78, 5) is 36.1. The monoisotopic (exact) mass is 441 g/mol. The van der Waals surface area contributed by atoms with Crippen molar-refractivity contribution in [2.75, 3.05) is 19.6 Å². The second-order valence-electron chi connectivity index (χ2n) is 7.67. The Morgan fingerprint density at radius 2 is 1.60 bits per heavy atom. The van der Waals surface area contributed by atoms with Crippen LogP contribution in [0.25, 0.3) is 0 Å². The largest absolute Gasteiger partial charge is 0.451 e. The van der Waals surface area contributed by atoms with E-state index in [-0.39, 0.29) is 10.5 Å². The first-order chi connectivity index (χ1) is 13.8. The van der Waals surface area contributed by atoms with E-state index >= 15 is 0 Å². The molecule has 0 aliphatic carbocycles. The van der Waals surface area contributed by atoms with Gasteiger partial charge in [-0.1, -0.05) is 13.8 Å². The van der Waals surface area contributed by atoms with Crippen molar-refractivity contribution < 1.29 is 27.5 Å². The summed E-state index contributed by atoms with van der Waals surface area (Å²) in [7, 11) is -3.61. The normalized spacial score (nSPS) is 12.9. The van der Waals surface area contributed by atoms with Crippen LogP contribution in [0.4, 0.5) is 0 Å². The number of carbonyl (C=O) groups is 3. The summed E-state index contributed by atoms with van der Waals surface area (Å²) in [5.41, 5.74) is -0.267. The van der Waals surface area contributed by atoms with E-state index in [1.807, 2.05) is 0 Å². The lowest BCUT2D eigenvalue weighted by Gasteiger charge is -2.23. The first-order valence-corrected chi connectivity index (χ1v) is 11.2. The third kappa shape index (κ3) is 7.42. The first kappa shape index (κ1) is 25.6. The van der Waals surface area contributed by atoms with Gasteiger partial charge in [0.2, 0.25) is 10.0 Å². The lowest BCUT2D eigenvalue weighted by molar-refractivity contribution is -0.154. The Hall–Kier alpha value is -2.46. The van der Waals surface area contributed by atoms with Gasteiger partial charge in [0.1, 0.15) is 6.54 Å². The Bertz CT molecular complexity index is 856. The van der Waals surface area contributed by atoms with Crippen LogP contribution in [0.3, 0.4) is 0 Å². The lowest BCUT2D eigenvalue weighted by atomic mass is 10.1. The van der Waals surface area contributed by atoms with Crippen LogP contribution >= 0.6 is 0 Å². The average Bonchev–Trinajstić information content (AvgIpc) is 2.65. The summed E-state index contributed by atoms with van der Waals surface area (Å²) in [6.45, 7) is 10.6. The van der Waals surface area contributed by atoms with Gasteiger partial charge in [0.25, 0.3) is 11.8 Å². The molecule has 0 radical (unpaired) electrons. The van der Waals surface area contributed by atoms with E-state index < -0.39 is 46.0 Å². The standard InChI is InChI=1S/C20H31N3O6S/c1-7-23(8-2)30(27,28)16-11-9-15(10-12-16)19(26)21-13-17(24)29-14(3)18(25)22-20(4,5)6/h9-12,14H,7-8,13H2,1-6H3,(H,21,26)(H,22,25). The quantitative estimate of drug-likeness (QED) is 0.557. The Morgan fingerprint density at radius 3 is 2.07 bits per heavy atom. The zero-order valence-corrected chi connectivity index (χ0v) is 19.1. The van der Waals surface area contributed by atoms with E-state index in [1.165, 1.54) is 35.5 Å². The maximum Gasteiger partial charge on any atom is 0.326 e. The molecule has 0 saturated heterocycles. The van der Waals surface area contributed by atoms with Crippen LogP contribution < -0.4 is 10.6 Å². The van der Waals surface area contributed by atoms with Gasteiger partial charge in [-0.3, -0.25) is 14.4 Å². The highest BCUT2D eigenvalue weighted by atomic mass is 32.2. The number of sulfonamides is 1. The van der Waals surface area contributed by atoms with Gasteiger partial charge in [-0.25, -0.2) is 8.42 Å². The maximum atomic E-state index is 12.5. The molecule has 0 aliphatic rings. The van der Waals surface area contributed by atoms with Crippen molar-refractivity contribution >= 4 is 27.8 Å². The van der Waals surface area contributed by atoms with Gasteiger partial charge in [0.05, 0.1) is 4.90 Å². The number of benzene rings is 1. The fraction of sp³-hybridized carbons (Fsp3) is 0.550. The number of amides is 2. The fourth-order valence-corrected chi connectivity index (χ4v) is 3.97. The topological polar surface area (TPSA) is 122 Å². The molecule has 0 bridgehead atoms. The van der Waals surface area contributed by atoms with Gasteiger partial charge in [-0.05, 0) is 52.0 Å². The highest BCUT2D eigenvalue weighted by Crippen LogP contribution is 2.16. The van der Waals surface area contributed by atoms with Crippen molar-refractivity contribution in [1.82, 2.24) is 14.9 Å². The molecule has 2 N–H and O–H groups in total. The molecule has 0 spiro atoms. The molecular weight excluding hydrogens is 410 g/mol. The number of carbonyl (C=O) groups excluding carboxylic acids is 3. The average molecular weight is 442 g/mol. The zero-order chi connectivity index (χ0) is 23.1. The van der Waals surface area contributed by atoms with Crippen LogP contribution in [0, 0.1) is 0 Å². The Kier molecular flexibility index (Phi) is 8.98. The van der Waals surface area contributed by atoms with E-state index in [9.17, 15) is 22.8 Å². The van der Waals surface area contributed by atoms with Gasteiger partial charge in [0, 0.05) is 24.2 Å². The molecule has 168 valence electrons. The molecule has 0 saturated carbocycles. The molecule has 2 amide bonds. The van der Waals surface area contributed by atoms with Crippen molar-refractivity contribution in [3.63, 3.8) is 0 Å². The first-order valence-electron chi connectivity index (χ1n) is 9.71. The van der Waals surface area contributed by atoms with Crippen LogP contribution in [0.1, 0.15) is 51.9 Å². The highest BCUT2D eigenvalue weighted by molar-refractivity contribution is 7.89. The number of nitrogens with one attached hydrogen (secondary N) is 2. The number of ether oxygens (including phenoxy) is 1. The molecule has 1 unspecified atom stereocenters. The number of hydrogen-bond donors (Lipinski definition) is 2. The van der Waals surface area contributed by atoms with Crippen molar-refractivity contribution in [3.05, 3.63) is 29.8 Å². The van der Waals surface area contributed by atoms with Gasteiger partial charge >= 0.3 is 5.97 Å². The summed E-state index contributed by atoms with van der Waals surface area (Å²) in [6, 6.07) is 5.44. The molecule has 1 aromatic carbocycles. The van der Waals surface area contributed by atoms with Crippen molar-refractivity contribution in [3.8, 4) is 0 Å². The van der Waals surface area contributed by atoms with Crippen molar-refractivity contribution in [2.45, 2.75) is 58.1 Å². The zero-order valence-electron chi connectivity index (χ0n) is 18.3. The maximum absolute atomic E-state index is 12.5. The third-order valence-corrected chi connectivity index (χ3v) is 6.09. The molecule has 1 rings (SSSR count). The molecular formula is C20H31N3O6S. The minimum Gasteiger partial charge on any atom is -0.451 e. The van der Waals surface area contributed by atoms with E-state index in [2.05, 4.69) is 10.6 Å². The molecule has 1 atom stereocenters. The molecule has 0 aromatic heterocycles. The van der Waals surface area contributed by atoms with Crippen molar-refractivity contribution in [1.29, 1.82) is 0 Å². The molecule has 0 fully saturated rings. The van der Waals surface area contributed by atoms with E-state index in [1.54, 1.807) is 34.6 Å². The number of hydrogen-bond acceptors (Lipinski definition) is 6. The predicted octanol–water partition coefficient (Wildman–Crippen LogP) is 1.29. The number of nitrogens with zero attached hydrogens (tertiary/aromatic N) is 1. The van der Waals surface area contributed by atoms with E-state index in [0.717, 1.165) is 0 Å². The van der Waals surface area contributed by atoms with Crippen LogP contribution in [-0.4, -0.2) is 61.8 Å². The van der Waals surface area contributed by atoms with Gasteiger partial charge in [-0.15, -0.1) is 0 Å². The fourth-order valence-electron chi connectivity index (χ4n) is 2.51. The smallest absolute Gasteiger partial charge is 0.326 e. The van der Waals surface area contributed by atoms with Gasteiger partial charge in [0.15, 0.2) is 6.10 Å². The van der Waals surface area contributed by atoms with E-state index in [0.29, 0.717) is 13.1 Å². The third-order valence-electron chi connectivity index (χ3n) is 4.03.